The van der Waals surface area contributed by atoms with Crippen LogP contribution < -0.4 is 0 Å². The van der Waals surface area contributed by atoms with Crippen molar-refractivity contribution < 1.29 is 14.7 Å². The number of rotatable bonds is 3. The molecule has 3 rings (SSSR count). The van der Waals surface area contributed by atoms with Gasteiger partial charge >= 0.3 is 5.97 Å². The summed E-state index contributed by atoms with van der Waals surface area (Å²) in [7, 11) is 0. The van der Waals surface area contributed by atoms with Crippen molar-refractivity contribution in [3.8, 4) is 0 Å². The van der Waals surface area contributed by atoms with Gasteiger partial charge in [0.25, 0.3) is 0 Å². The molecule has 4 heteroatoms. The van der Waals surface area contributed by atoms with Gasteiger partial charge in [0, 0.05) is 13.1 Å². The number of benzene rings is 1. The molecule has 1 aromatic carbocycles. The second-order valence-electron chi connectivity index (χ2n) is 7.27. The van der Waals surface area contributed by atoms with E-state index in [1.807, 2.05) is 26.0 Å². The molecule has 1 fully saturated rings. The highest BCUT2D eigenvalue weighted by atomic mass is 16.4. The summed E-state index contributed by atoms with van der Waals surface area (Å²) in [5.41, 5.74) is 1.62. The number of aliphatic carboxylic acids is 1. The molecule has 1 aliphatic heterocycles. The Morgan fingerprint density at radius 3 is 2.70 bits per heavy atom. The Morgan fingerprint density at radius 1 is 1.30 bits per heavy atom. The largest absolute Gasteiger partial charge is 0.481 e. The first-order chi connectivity index (χ1) is 11.0. The summed E-state index contributed by atoms with van der Waals surface area (Å²) in [4.78, 5) is 26.6. The summed E-state index contributed by atoms with van der Waals surface area (Å²) in [6.07, 6.45) is 3.48. The molecule has 1 N–H and O–H groups in total. The molecule has 0 saturated carbocycles. The molecular formula is C19H25NO3. The van der Waals surface area contributed by atoms with E-state index in [-0.39, 0.29) is 17.7 Å². The number of carbonyl (C=O) groups is 2. The van der Waals surface area contributed by atoms with E-state index >= 15 is 0 Å². The van der Waals surface area contributed by atoms with Gasteiger partial charge in [0.2, 0.25) is 5.91 Å². The predicted molar refractivity (Wildman–Crippen MR) is 88.2 cm³/mol. The fourth-order valence-corrected chi connectivity index (χ4v) is 4.14. The maximum absolute atomic E-state index is 13.0. The van der Waals surface area contributed by atoms with Gasteiger partial charge in [-0.15, -0.1) is 0 Å². The number of hydrogen-bond donors (Lipinski definition) is 1. The van der Waals surface area contributed by atoms with E-state index in [4.69, 9.17) is 0 Å². The highest BCUT2D eigenvalue weighted by Crippen LogP contribution is 2.41. The quantitative estimate of drug-likeness (QED) is 0.932. The topological polar surface area (TPSA) is 57.6 Å². The lowest BCUT2D eigenvalue weighted by Crippen LogP contribution is -2.42. The molecule has 1 aromatic rings. The van der Waals surface area contributed by atoms with Gasteiger partial charge in [-0.05, 0) is 42.7 Å². The van der Waals surface area contributed by atoms with E-state index in [2.05, 4.69) is 12.1 Å². The zero-order valence-electron chi connectivity index (χ0n) is 13.9. The van der Waals surface area contributed by atoms with Crippen LogP contribution in [0.15, 0.2) is 24.3 Å². The van der Waals surface area contributed by atoms with Crippen molar-refractivity contribution in [2.24, 2.45) is 11.3 Å². The zero-order chi connectivity index (χ0) is 16.6. The minimum absolute atomic E-state index is 0.0245. The summed E-state index contributed by atoms with van der Waals surface area (Å²) < 4.78 is 0. The molecule has 2 unspecified atom stereocenters. The number of carbonyl (C=O) groups excluding carboxylic acids is 1. The molecule has 2 aliphatic rings. The average Bonchev–Trinajstić information content (AvgIpc) is 3.00. The third-order valence-corrected chi connectivity index (χ3v) is 5.81. The van der Waals surface area contributed by atoms with Crippen LogP contribution in [-0.2, 0) is 16.0 Å². The number of likely N-dealkylation sites (tertiary alicyclic amines) is 1. The van der Waals surface area contributed by atoms with E-state index < -0.39 is 11.4 Å². The molecule has 0 radical (unpaired) electrons. The monoisotopic (exact) mass is 315 g/mol. The first-order valence-corrected chi connectivity index (χ1v) is 8.55. The van der Waals surface area contributed by atoms with Crippen molar-refractivity contribution >= 4 is 11.9 Å². The predicted octanol–water partition coefficient (Wildman–Crippen LogP) is 3.07. The SMILES string of the molecule is CC(C)C1(C(=O)O)CCN(C(=O)C2CCCc3ccccc32)C1. The number of nitrogens with zero attached hydrogens (tertiary/aromatic N) is 1. The van der Waals surface area contributed by atoms with E-state index in [1.54, 1.807) is 4.90 Å². The Labute approximate surface area is 137 Å². The molecule has 2 atom stereocenters. The third-order valence-electron chi connectivity index (χ3n) is 5.81. The molecule has 23 heavy (non-hydrogen) atoms. The summed E-state index contributed by atoms with van der Waals surface area (Å²) in [6.45, 7) is 4.79. The van der Waals surface area contributed by atoms with Crippen LogP contribution in [0.1, 0.15) is 50.2 Å². The van der Waals surface area contributed by atoms with Crippen LogP contribution in [0.4, 0.5) is 0 Å². The standard InChI is InChI=1S/C19H25NO3/c1-13(2)19(18(22)23)10-11-20(12-19)17(21)16-9-5-7-14-6-3-4-8-15(14)16/h3-4,6,8,13,16H,5,7,9-12H2,1-2H3,(H,22,23). The van der Waals surface area contributed by atoms with Crippen LogP contribution in [0.2, 0.25) is 0 Å². The summed E-state index contributed by atoms with van der Waals surface area (Å²) >= 11 is 0. The molecule has 0 bridgehead atoms. The number of fused-ring (bicyclic) bond motifs is 1. The number of carboxylic acids is 1. The van der Waals surface area contributed by atoms with Crippen LogP contribution in [-0.4, -0.2) is 35.0 Å². The number of carboxylic acid groups (broad SMARTS) is 1. The Hall–Kier alpha value is -1.84. The first kappa shape index (κ1) is 16.0. The Kier molecular flexibility index (Phi) is 4.17. The highest BCUT2D eigenvalue weighted by molar-refractivity contribution is 5.86. The molecule has 0 spiro atoms. The molecule has 1 saturated heterocycles. The van der Waals surface area contributed by atoms with E-state index in [0.29, 0.717) is 19.5 Å². The molecule has 124 valence electrons. The van der Waals surface area contributed by atoms with Crippen LogP contribution in [0, 0.1) is 11.3 Å². The fraction of sp³-hybridized carbons (Fsp3) is 0.579. The molecule has 1 heterocycles. The van der Waals surface area contributed by atoms with Gasteiger partial charge in [0.15, 0.2) is 0 Å². The maximum atomic E-state index is 13.0. The van der Waals surface area contributed by atoms with Crippen molar-refractivity contribution in [3.05, 3.63) is 35.4 Å². The second kappa shape index (κ2) is 5.99. The molecule has 1 amide bonds. The normalized spacial score (nSPS) is 27.1. The fourth-order valence-electron chi connectivity index (χ4n) is 4.14. The Bertz CT molecular complexity index is 625. The van der Waals surface area contributed by atoms with Gasteiger partial charge in [-0.25, -0.2) is 0 Å². The minimum Gasteiger partial charge on any atom is -0.481 e. The van der Waals surface area contributed by atoms with Crippen molar-refractivity contribution in [3.63, 3.8) is 0 Å². The maximum Gasteiger partial charge on any atom is 0.311 e. The van der Waals surface area contributed by atoms with Crippen molar-refractivity contribution in [1.29, 1.82) is 0 Å². The molecule has 1 aliphatic carbocycles. The number of amides is 1. The minimum atomic E-state index is -0.788. The number of hydrogen-bond acceptors (Lipinski definition) is 2. The van der Waals surface area contributed by atoms with Crippen molar-refractivity contribution in [2.45, 2.75) is 45.4 Å². The van der Waals surface area contributed by atoms with Crippen LogP contribution in [0.5, 0.6) is 0 Å². The zero-order valence-corrected chi connectivity index (χ0v) is 13.9. The van der Waals surface area contributed by atoms with Gasteiger partial charge in [0.1, 0.15) is 0 Å². The lowest BCUT2D eigenvalue weighted by atomic mass is 9.76. The van der Waals surface area contributed by atoms with E-state index in [0.717, 1.165) is 24.8 Å². The van der Waals surface area contributed by atoms with Crippen LogP contribution in [0.3, 0.4) is 0 Å². The van der Waals surface area contributed by atoms with E-state index in [1.165, 1.54) is 5.56 Å². The smallest absolute Gasteiger partial charge is 0.311 e. The van der Waals surface area contributed by atoms with E-state index in [9.17, 15) is 14.7 Å². The summed E-state index contributed by atoms with van der Waals surface area (Å²) in [5.74, 6) is -0.735. The highest BCUT2D eigenvalue weighted by Gasteiger charge is 2.49. The Morgan fingerprint density at radius 2 is 2.04 bits per heavy atom. The molecule has 0 aromatic heterocycles. The molecular weight excluding hydrogens is 290 g/mol. The lowest BCUT2D eigenvalue weighted by molar-refractivity contribution is -0.151. The van der Waals surface area contributed by atoms with Gasteiger partial charge in [0.05, 0.1) is 11.3 Å². The number of aryl methyl sites for hydroxylation is 1. The summed E-state index contributed by atoms with van der Waals surface area (Å²) in [5, 5.41) is 9.66. The second-order valence-corrected chi connectivity index (χ2v) is 7.27. The first-order valence-electron chi connectivity index (χ1n) is 8.55. The van der Waals surface area contributed by atoms with Crippen LogP contribution in [0.25, 0.3) is 0 Å². The summed E-state index contributed by atoms with van der Waals surface area (Å²) in [6, 6.07) is 8.17. The van der Waals surface area contributed by atoms with Gasteiger partial charge in [-0.1, -0.05) is 38.1 Å². The Balaban J connectivity index is 1.82. The lowest BCUT2D eigenvalue weighted by Gasteiger charge is -2.31. The van der Waals surface area contributed by atoms with Gasteiger partial charge in [-0.2, -0.15) is 0 Å². The average molecular weight is 315 g/mol. The third kappa shape index (κ3) is 2.64. The van der Waals surface area contributed by atoms with Crippen LogP contribution >= 0.6 is 0 Å². The van der Waals surface area contributed by atoms with Gasteiger partial charge in [-0.3, -0.25) is 9.59 Å². The molecule has 4 nitrogen and oxygen atoms in total. The van der Waals surface area contributed by atoms with Crippen molar-refractivity contribution in [2.75, 3.05) is 13.1 Å². The van der Waals surface area contributed by atoms with Gasteiger partial charge < -0.3 is 10.0 Å². The van der Waals surface area contributed by atoms with Crippen molar-refractivity contribution in [1.82, 2.24) is 4.90 Å².